The number of pyridine rings is 1. The standard InChI is InChI=1S/C14H19N3O/c1-10(18-2)9-16-14-13-6-4-3-5-11(13)7-12(8-15)17-14/h3-7,10H,8-9,15H2,1-2H3,(H,16,17). The van der Waals surface area contributed by atoms with Crippen LogP contribution in [0.4, 0.5) is 5.82 Å². The van der Waals surface area contributed by atoms with E-state index in [0.717, 1.165) is 28.8 Å². The van der Waals surface area contributed by atoms with Gasteiger partial charge in [-0.3, -0.25) is 0 Å². The Hall–Kier alpha value is -1.65. The van der Waals surface area contributed by atoms with Gasteiger partial charge in [-0.2, -0.15) is 0 Å². The average Bonchev–Trinajstić information content (AvgIpc) is 2.43. The summed E-state index contributed by atoms with van der Waals surface area (Å²) in [5, 5.41) is 5.58. The van der Waals surface area contributed by atoms with E-state index >= 15 is 0 Å². The first kappa shape index (κ1) is 12.8. The number of fused-ring (bicyclic) bond motifs is 1. The molecule has 0 aliphatic heterocycles. The molecule has 4 nitrogen and oxygen atoms in total. The van der Waals surface area contributed by atoms with E-state index in [1.165, 1.54) is 0 Å². The number of methoxy groups -OCH3 is 1. The molecule has 18 heavy (non-hydrogen) atoms. The van der Waals surface area contributed by atoms with Crippen LogP contribution in [0.3, 0.4) is 0 Å². The maximum absolute atomic E-state index is 5.68. The minimum absolute atomic E-state index is 0.145. The first-order valence-electron chi connectivity index (χ1n) is 6.10. The summed E-state index contributed by atoms with van der Waals surface area (Å²) < 4.78 is 5.23. The van der Waals surface area contributed by atoms with Crippen LogP contribution < -0.4 is 11.1 Å². The number of nitrogens with one attached hydrogen (secondary N) is 1. The average molecular weight is 245 g/mol. The van der Waals surface area contributed by atoms with E-state index in [2.05, 4.69) is 22.4 Å². The third-order valence-electron chi connectivity index (χ3n) is 2.96. The lowest BCUT2D eigenvalue weighted by atomic mass is 10.1. The maximum Gasteiger partial charge on any atom is 0.134 e. The Morgan fingerprint density at radius 2 is 2.17 bits per heavy atom. The molecule has 96 valence electrons. The molecular weight excluding hydrogens is 226 g/mol. The Bertz CT molecular complexity index is 527. The highest BCUT2D eigenvalue weighted by molar-refractivity contribution is 5.92. The second kappa shape index (κ2) is 5.80. The molecule has 3 N–H and O–H groups in total. The minimum atomic E-state index is 0.145. The molecule has 0 saturated carbocycles. The Morgan fingerprint density at radius 3 is 2.89 bits per heavy atom. The summed E-state index contributed by atoms with van der Waals surface area (Å²) in [6.07, 6.45) is 0.145. The van der Waals surface area contributed by atoms with E-state index < -0.39 is 0 Å². The van der Waals surface area contributed by atoms with Crippen LogP contribution in [-0.2, 0) is 11.3 Å². The van der Waals surface area contributed by atoms with Crippen molar-refractivity contribution in [2.24, 2.45) is 5.73 Å². The van der Waals surface area contributed by atoms with E-state index in [-0.39, 0.29) is 6.10 Å². The van der Waals surface area contributed by atoms with Crippen molar-refractivity contribution in [1.29, 1.82) is 0 Å². The highest BCUT2D eigenvalue weighted by Crippen LogP contribution is 2.22. The van der Waals surface area contributed by atoms with E-state index in [0.29, 0.717) is 6.54 Å². The monoisotopic (exact) mass is 245 g/mol. The van der Waals surface area contributed by atoms with Crippen LogP contribution in [-0.4, -0.2) is 24.7 Å². The number of nitrogens with two attached hydrogens (primary N) is 1. The number of nitrogens with zero attached hydrogens (tertiary/aromatic N) is 1. The van der Waals surface area contributed by atoms with Gasteiger partial charge in [0.1, 0.15) is 5.82 Å². The summed E-state index contributed by atoms with van der Waals surface area (Å²) in [4.78, 5) is 4.53. The van der Waals surface area contributed by atoms with Crippen molar-refractivity contribution < 1.29 is 4.74 Å². The number of hydrogen-bond acceptors (Lipinski definition) is 4. The SMILES string of the molecule is COC(C)CNc1nc(CN)cc2ccccc12. The Balaban J connectivity index is 2.34. The van der Waals surface area contributed by atoms with Crippen LogP contribution in [0.5, 0.6) is 0 Å². The van der Waals surface area contributed by atoms with Gasteiger partial charge in [0.2, 0.25) is 0 Å². The van der Waals surface area contributed by atoms with Gasteiger partial charge in [-0.15, -0.1) is 0 Å². The molecule has 1 atom stereocenters. The molecule has 1 aromatic heterocycles. The molecule has 0 aliphatic rings. The van der Waals surface area contributed by atoms with Crippen molar-refractivity contribution in [3.63, 3.8) is 0 Å². The van der Waals surface area contributed by atoms with Crippen LogP contribution >= 0.6 is 0 Å². The van der Waals surface area contributed by atoms with Gasteiger partial charge in [0.25, 0.3) is 0 Å². The number of hydrogen-bond donors (Lipinski definition) is 2. The molecule has 2 aromatic rings. The van der Waals surface area contributed by atoms with Gasteiger partial charge in [0, 0.05) is 25.6 Å². The van der Waals surface area contributed by atoms with Crippen LogP contribution in [0.15, 0.2) is 30.3 Å². The van der Waals surface area contributed by atoms with E-state index in [4.69, 9.17) is 10.5 Å². The minimum Gasteiger partial charge on any atom is -0.380 e. The summed E-state index contributed by atoms with van der Waals surface area (Å²) in [7, 11) is 1.70. The first-order valence-corrected chi connectivity index (χ1v) is 6.10. The number of anilines is 1. The molecule has 0 bridgehead atoms. The summed E-state index contributed by atoms with van der Waals surface area (Å²) >= 11 is 0. The molecule has 4 heteroatoms. The van der Waals surface area contributed by atoms with Crippen LogP contribution in [0, 0.1) is 0 Å². The molecule has 0 fully saturated rings. The van der Waals surface area contributed by atoms with Gasteiger partial charge in [0.05, 0.1) is 11.8 Å². The molecule has 2 rings (SSSR count). The largest absolute Gasteiger partial charge is 0.380 e. The molecule has 1 heterocycles. The molecule has 0 radical (unpaired) electrons. The molecule has 1 unspecified atom stereocenters. The van der Waals surface area contributed by atoms with E-state index in [1.54, 1.807) is 7.11 Å². The summed E-state index contributed by atoms with van der Waals surface area (Å²) in [5.74, 6) is 0.873. The number of aromatic nitrogens is 1. The first-order chi connectivity index (χ1) is 8.74. The van der Waals surface area contributed by atoms with Crippen molar-refractivity contribution in [2.45, 2.75) is 19.6 Å². The predicted molar refractivity (Wildman–Crippen MR) is 74.6 cm³/mol. The van der Waals surface area contributed by atoms with Crippen molar-refractivity contribution in [3.8, 4) is 0 Å². The molecular formula is C14H19N3O. The smallest absolute Gasteiger partial charge is 0.134 e. The zero-order chi connectivity index (χ0) is 13.0. The number of ether oxygens (including phenoxy) is 1. The maximum atomic E-state index is 5.68. The second-order valence-electron chi connectivity index (χ2n) is 4.31. The summed E-state index contributed by atoms with van der Waals surface area (Å²) in [6, 6.07) is 10.2. The van der Waals surface area contributed by atoms with Gasteiger partial charge in [-0.1, -0.05) is 24.3 Å². The van der Waals surface area contributed by atoms with E-state index in [9.17, 15) is 0 Å². The third kappa shape index (κ3) is 2.78. The predicted octanol–water partition coefficient (Wildman–Crippen LogP) is 2.14. The fraction of sp³-hybridized carbons (Fsp3) is 0.357. The van der Waals surface area contributed by atoms with Crippen molar-refractivity contribution >= 4 is 16.6 Å². The van der Waals surface area contributed by atoms with E-state index in [1.807, 2.05) is 25.1 Å². The second-order valence-corrected chi connectivity index (χ2v) is 4.31. The van der Waals surface area contributed by atoms with Gasteiger partial charge in [0.15, 0.2) is 0 Å². The highest BCUT2D eigenvalue weighted by atomic mass is 16.5. The lowest BCUT2D eigenvalue weighted by Gasteiger charge is -2.14. The van der Waals surface area contributed by atoms with Gasteiger partial charge < -0.3 is 15.8 Å². The van der Waals surface area contributed by atoms with Crippen LogP contribution in [0.2, 0.25) is 0 Å². The van der Waals surface area contributed by atoms with Crippen molar-refractivity contribution in [2.75, 3.05) is 19.0 Å². The summed E-state index contributed by atoms with van der Waals surface area (Å²) in [6.45, 7) is 3.18. The van der Waals surface area contributed by atoms with Gasteiger partial charge >= 0.3 is 0 Å². The molecule has 0 saturated heterocycles. The van der Waals surface area contributed by atoms with Gasteiger partial charge in [-0.25, -0.2) is 4.98 Å². The Kier molecular flexibility index (Phi) is 4.12. The zero-order valence-corrected chi connectivity index (χ0v) is 10.8. The quantitative estimate of drug-likeness (QED) is 0.847. The molecule has 0 spiro atoms. The third-order valence-corrected chi connectivity index (χ3v) is 2.96. The summed E-state index contributed by atoms with van der Waals surface area (Å²) in [5.41, 5.74) is 6.57. The Labute approximate surface area is 107 Å². The van der Waals surface area contributed by atoms with Crippen molar-refractivity contribution in [1.82, 2.24) is 4.98 Å². The lowest BCUT2D eigenvalue weighted by molar-refractivity contribution is 0.128. The normalized spacial score (nSPS) is 12.6. The highest BCUT2D eigenvalue weighted by Gasteiger charge is 2.06. The Morgan fingerprint density at radius 1 is 1.39 bits per heavy atom. The van der Waals surface area contributed by atoms with Gasteiger partial charge in [-0.05, 0) is 18.4 Å². The topological polar surface area (TPSA) is 60.2 Å². The zero-order valence-electron chi connectivity index (χ0n) is 10.8. The fourth-order valence-corrected chi connectivity index (χ4v) is 1.82. The van der Waals surface area contributed by atoms with Crippen LogP contribution in [0.25, 0.3) is 10.8 Å². The fourth-order valence-electron chi connectivity index (χ4n) is 1.82. The van der Waals surface area contributed by atoms with Crippen LogP contribution in [0.1, 0.15) is 12.6 Å². The van der Waals surface area contributed by atoms with Crippen molar-refractivity contribution in [3.05, 3.63) is 36.0 Å². The lowest BCUT2D eigenvalue weighted by Crippen LogP contribution is -2.19. The molecule has 1 aromatic carbocycles. The number of rotatable bonds is 5. The number of benzene rings is 1. The molecule has 0 aliphatic carbocycles. The molecule has 0 amide bonds.